The SMILES string of the molecule is C[C@]12CC[C@H]3[C@@H](CCC4=CCCC[C@@]43C)[C@@H]1C=C[C@@H]2c1ccccc1. The van der Waals surface area contributed by atoms with E-state index in [1.54, 1.807) is 0 Å². The Labute approximate surface area is 153 Å². The summed E-state index contributed by atoms with van der Waals surface area (Å²) in [5.41, 5.74) is 4.31. The first-order chi connectivity index (χ1) is 12.1. The highest BCUT2D eigenvalue weighted by Crippen LogP contribution is 2.66. The molecule has 4 aliphatic carbocycles. The Balaban J connectivity index is 1.49. The van der Waals surface area contributed by atoms with Gasteiger partial charge in [-0.05, 0) is 79.1 Å². The fraction of sp³-hybridized carbons (Fsp3) is 0.600. The van der Waals surface area contributed by atoms with Crippen LogP contribution >= 0.6 is 0 Å². The normalized spacial score (nSPS) is 45.3. The summed E-state index contributed by atoms with van der Waals surface area (Å²) in [7, 11) is 0. The average Bonchev–Trinajstić information content (AvgIpc) is 2.99. The molecule has 0 aliphatic heterocycles. The molecule has 0 aromatic heterocycles. The van der Waals surface area contributed by atoms with E-state index >= 15 is 0 Å². The Bertz CT molecular complexity index is 711. The van der Waals surface area contributed by atoms with Crippen LogP contribution in [0.25, 0.3) is 0 Å². The fourth-order valence-electron chi connectivity index (χ4n) is 7.36. The first kappa shape index (κ1) is 15.9. The van der Waals surface area contributed by atoms with E-state index in [9.17, 15) is 0 Å². The number of hydrogen-bond donors (Lipinski definition) is 0. The van der Waals surface area contributed by atoms with E-state index in [1.807, 2.05) is 5.57 Å². The van der Waals surface area contributed by atoms with Crippen molar-refractivity contribution in [3.05, 3.63) is 59.7 Å². The lowest BCUT2D eigenvalue weighted by atomic mass is 9.46. The van der Waals surface area contributed by atoms with Crippen molar-refractivity contribution in [2.24, 2.45) is 28.6 Å². The van der Waals surface area contributed by atoms with Crippen LogP contribution in [0.5, 0.6) is 0 Å². The quantitative estimate of drug-likeness (QED) is 0.491. The van der Waals surface area contributed by atoms with Gasteiger partial charge in [-0.2, -0.15) is 0 Å². The molecule has 132 valence electrons. The van der Waals surface area contributed by atoms with Gasteiger partial charge in [0, 0.05) is 5.92 Å². The number of fused-ring (bicyclic) bond motifs is 5. The summed E-state index contributed by atoms with van der Waals surface area (Å²) in [6, 6.07) is 11.3. The lowest BCUT2D eigenvalue weighted by Gasteiger charge is -2.58. The largest absolute Gasteiger partial charge is 0.0848 e. The van der Waals surface area contributed by atoms with Gasteiger partial charge in [0.1, 0.15) is 0 Å². The van der Waals surface area contributed by atoms with Gasteiger partial charge in [0.15, 0.2) is 0 Å². The van der Waals surface area contributed by atoms with Gasteiger partial charge in [-0.15, -0.1) is 0 Å². The molecule has 2 saturated carbocycles. The molecular weight excluding hydrogens is 300 g/mol. The van der Waals surface area contributed by atoms with Crippen molar-refractivity contribution in [3.63, 3.8) is 0 Å². The molecule has 0 N–H and O–H groups in total. The highest BCUT2D eigenvalue weighted by atomic mass is 14.6. The number of benzene rings is 1. The molecule has 0 heteroatoms. The third kappa shape index (κ3) is 2.19. The fourth-order valence-corrected chi connectivity index (χ4v) is 7.36. The van der Waals surface area contributed by atoms with Crippen LogP contribution in [0.2, 0.25) is 0 Å². The third-order valence-corrected chi connectivity index (χ3v) is 8.70. The zero-order chi connectivity index (χ0) is 17.1. The van der Waals surface area contributed by atoms with Crippen LogP contribution in [-0.4, -0.2) is 0 Å². The number of hydrogen-bond acceptors (Lipinski definition) is 0. The second kappa shape index (κ2) is 5.60. The van der Waals surface area contributed by atoms with E-state index in [4.69, 9.17) is 0 Å². The maximum absolute atomic E-state index is 2.63. The zero-order valence-corrected chi connectivity index (χ0v) is 15.9. The number of allylic oxidation sites excluding steroid dienone is 4. The second-order valence-corrected chi connectivity index (χ2v) is 9.69. The molecule has 1 aromatic carbocycles. The van der Waals surface area contributed by atoms with Gasteiger partial charge in [0.25, 0.3) is 0 Å². The van der Waals surface area contributed by atoms with Gasteiger partial charge in [-0.1, -0.05) is 68.0 Å². The Morgan fingerprint density at radius 2 is 1.80 bits per heavy atom. The van der Waals surface area contributed by atoms with Crippen LogP contribution in [-0.2, 0) is 0 Å². The molecule has 0 nitrogen and oxygen atoms in total. The lowest BCUT2D eigenvalue weighted by Crippen LogP contribution is -2.49. The molecule has 5 rings (SSSR count). The van der Waals surface area contributed by atoms with Gasteiger partial charge >= 0.3 is 0 Å². The highest BCUT2D eigenvalue weighted by Gasteiger charge is 2.57. The summed E-state index contributed by atoms with van der Waals surface area (Å²) in [6.07, 6.45) is 17.6. The van der Waals surface area contributed by atoms with E-state index in [0.717, 1.165) is 17.8 Å². The smallest absolute Gasteiger partial charge is 0.00776 e. The molecule has 0 heterocycles. The van der Waals surface area contributed by atoms with Crippen molar-refractivity contribution in [1.29, 1.82) is 0 Å². The van der Waals surface area contributed by atoms with E-state index < -0.39 is 0 Å². The van der Waals surface area contributed by atoms with Crippen LogP contribution in [0.3, 0.4) is 0 Å². The highest BCUT2D eigenvalue weighted by molar-refractivity contribution is 5.34. The maximum Gasteiger partial charge on any atom is 0.00776 e. The summed E-state index contributed by atoms with van der Waals surface area (Å²) in [5.74, 6) is 3.24. The van der Waals surface area contributed by atoms with Gasteiger partial charge < -0.3 is 0 Å². The topological polar surface area (TPSA) is 0 Å². The van der Waals surface area contributed by atoms with E-state index in [2.05, 4.69) is 62.4 Å². The van der Waals surface area contributed by atoms with Crippen molar-refractivity contribution >= 4 is 0 Å². The summed E-state index contributed by atoms with van der Waals surface area (Å²) < 4.78 is 0. The zero-order valence-electron chi connectivity index (χ0n) is 15.9. The van der Waals surface area contributed by atoms with Gasteiger partial charge in [-0.3, -0.25) is 0 Å². The predicted molar refractivity (Wildman–Crippen MR) is 105 cm³/mol. The van der Waals surface area contributed by atoms with Crippen molar-refractivity contribution in [2.75, 3.05) is 0 Å². The maximum atomic E-state index is 2.63. The molecule has 0 radical (unpaired) electrons. The monoisotopic (exact) mass is 332 g/mol. The molecule has 1 aromatic rings. The minimum Gasteiger partial charge on any atom is -0.0848 e. The minimum atomic E-state index is 0.439. The Morgan fingerprint density at radius 1 is 0.960 bits per heavy atom. The van der Waals surface area contributed by atoms with Crippen LogP contribution < -0.4 is 0 Å². The van der Waals surface area contributed by atoms with Gasteiger partial charge in [0.2, 0.25) is 0 Å². The molecule has 6 atom stereocenters. The van der Waals surface area contributed by atoms with Gasteiger partial charge in [-0.25, -0.2) is 0 Å². The molecule has 0 bridgehead atoms. The number of rotatable bonds is 1. The lowest BCUT2D eigenvalue weighted by molar-refractivity contribution is -0.0302. The molecule has 0 amide bonds. The predicted octanol–water partition coefficient (Wildman–Crippen LogP) is 6.90. The molecule has 0 spiro atoms. The van der Waals surface area contributed by atoms with Crippen LogP contribution in [0.15, 0.2) is 54.1 Å². The second-order valence-electron chi connectivity index (χ2n) is 9.69. The van der Waals surface area contributed by atoms with Crippen LogP contribution in [0, 0.1) is 28.6 Å². The summed E-state index contributed by atoms with van der Waals surface area (Å²) in [4.78, 5) is 0. The van der Waals surface area contributed by atoms with Crippen molar-refractivity contribution in [3.8, 4) is 0 Å². The first-order valence-corrected chi connectivity index (χ1v) is 10.6. The molecule has 2 fully saturated rings. The molecule has 25 heavy (non-hydrogen) atoms. The summed E-state index contributed by atoms with van der Waals surface area (Å²) in [5, 5.41) is 0. The third-order valence-electron chi connectivity index (χ3n) is 8.70. The molecule has 0 saturated heterocycles. The Hall–Kier alpha value is -1.30. The summed E-state index contributed by atoms with van der Waals surface area (Å²) in [6.45, 7) is 5.21. The standard InChI is InChI=1S/C25H32/c1-24-16-7-6-10-19(24)11-12-20-22-14-13-21(18-8-4-3-5-9-18)25(22,2)17-15-23(20)24/h3-5,8-10,13-14,20-23H,6-7,11-12,15-17H2,1-2H3/t20-,21+,22-,23-,24-,25+/m0/s1. The average molecular weight is 333 g/mol. The van der Waals surface area contributed by atoms with Gasteiger partial charge in [0.05, 0.1) is 0 Å². The molecular formula is C25H32. The minimum absolute atomic E-state index is 0.439. The Kier molecular flexibility index (Phi) is 3.56. The summed E-state index contributed by atoms with van der Waals surface area (Å²) >= 11 is 0. The van der Waals surface area contributed by atoms with Crippen molar-refractivity contribution < 1.29 is 0 Å². The van der Waals surface area contributed by atoms with E-state index in [0.29, 0.717) is 16.7 Å². The van der Waals surface area contributed by atoms with Crippen LogP contribution in [0.1, 0.15) is 70.3 Å². The molecule has 0 unspecified atom stereocenters. The first-order valence-electron chi connectivity index (χ1n) is 10.6. The van der Waals surface area contributed by atoms with Crippen molar-refractivity contribution in [2.45, 2.75) is 64.7 Å². The molecule has 4 aliphatic rings. The van der Waals surface area contributed by atoms with E-state index in [1.165, 1.54) is 50.5 Å². The Morgan fingerprint density at radius 3 is 2.64 bits per heavy atom. The van der Waals surface area contributed by atoms with E-state index in [-0.39, 0.29) is 0 Å². The van der Waals surface area contributed by atoms with Crippen LogP contribution in [0.4, 0.5) is 0 Å². The van der Waals surface area contributed by atoms with Crippen molar-refractivity contribution in [1.82, 2.24) is 0 Å².